The van der Waals surface area contributed by atoms with Gasteiger partial charge in [-0.3, -0.25) is 4.99 Å². The van der Waals surface area contributed by atoms with Crippen molar-refractivity contribution in [2.75, 3.05) is 18.9 Å². The summed E-state index contributed by atoms with van der Waals surface area (Å²) in [6, 6.07) is 7.94. The summed E-state index contributed by atoms with van der Waals surface area (Å²) in [6.07, 6.45) is 2.81. The van der Waals surface area contributed by atoms with Gasteiger partial charge < -0.3 is 16.4 Å². The minimum absolute atomic E-state index is 0.348. The number of anilines is 1. The van der Waals surface area contributed by atoms with E-state index in [1.165, 1.54) is 11.3 Å². The molecule has 0 bridgehead atoms. The molecule has 0 radical (unpaired) electrons. The summed E-state index contributed by atoms with van der Waals surface area (Å²) in [5.41, 5.74) is 8.42. The van der Waals surface area contributed by atoms with E-state index in [0.29, 0.717) is 5.96 Å². The van der Waals surface area contributed by atoms with E-state index in [1.54, 1.807) is 13.4 Å². The molecule has 7 heteroatoms. The second-order valence-corrected chi connectivity index (χ2v) is 5.39. The van der Waals surface area contributed by atoms with E-state index in [9.17, 15) is 0 Å². The fraction of sp³-hybridized carbons (Fsp3) is 0.267. The Morgan fingerprint density at radius 1 is 1.45 bits per heavy atom. The number of guanidine groups is 1. The summed E-state index contributed by atoms with van der Waals surface area (Å²) in [7, 11) is 1.63. The smallest absolute Gasteiger partial charge is 0.194 e. The lowest BCUT2D eigenvalue weighted by Gasteiger charge is -2.00. The normalized spacial score (nSPS) is 11.8. The zero-order valence-electron chi connectivity index (χ0n) is 12.7. The van der Waals surface area contributed by atoms with Crippen molar-refractivity contribution in [3.8, 4) is 11.3 Å². The summed E-state index contributed by atoms with van der Waals surface area (Å²) >= 11 is 1.48. The predicted octanol–water partition coefficient (Wildman–Crippen LogP) is 2.83. The zero-order valence-corrected chi connectivity index (χ0v) is 13.5. The highest BCUT2D eigenvalue weighted by molar-refractivity contribution is 7.14. The minimum Gasteiger partial charge on any atom is -0.376 e. The van der Waals surface area contributed by atoms with Gasteiger partial charge in [0.25, 0.3) is 0 Å². The molecule has 0 amide bonds. The lowest BCUT2D eigenvalue weighted by molar-refractivity contribution is 0.851. The second kappa shape index (κ2) is 8.14. The van der Waals surface area contributed by atoms with Gasteiger partial charge in [-0.25, -0.2) is 9.98 Å². The molecule has 2 rings (SSSR count). The van der Waals surface area contributed by atoms with Gasteiger partial charge in [0.1, 0.15) is 0 Å². The van der Waals surface area contributed by atoms with Crippen LogP contribution in [0.25, 0.3) is 11.3 Å². The van der Waals surface area contributed by atoms with Crippen LogP contribution in [0, 0.1) is 0 Å². The number of nitrogens with two attached hydrogens (primary N) is 1. The molecule has 2 aromatic rings. The van der Waals surface area contributed by atoms with Gasteiger partial charge in [-0.2, -0.15) is 0 Å². The topological polar surface area (TPSA) is 87.7 Å². The van der Waals surface area contributed by atoms with E-state index in [4.69, 9.17) is 5.73 Å². The zero-order chi connectivity index (χ0) is 15.8. The van der Waals surface area contributed by atoms with Crippen LogP contribution in [0.15, 0.2) is 39.6 Å². The third kappa shape index (κ3) is 4.56. The van der Waals surface area contributed by atoms with E-state index >= 15 is 0 Å². The summed E-state index contributed by atoms with van der Waals surface area (Å²) in [5.74, 6) is 0.348. The number of aliphatic imine (C=N–C) groups is 2. The fourth-order valence-corrected chi connectivity index (χ4v) is 2.43. The SMILES string of the molecule is CCCN/C=N/c1cccc(-c2csc(N/C(N)=N\C)n2)c1. The van der Waals surface area contributed by atoms with Crippen molar-refractivity contribution in [1.82, 2.24) is 10.3 Å². The highest BCUT2D eigenvalue weighted by Gasteiger charge is 2.05. The number of thiazole rings is 1. The summed E-state index contributed by atoms with van der Waals surface area (Å²) in [6.45, 7) is 3.04. The van der Waals surface area contributed by atoms with Crippen LogP contribution in [0.3, 0.4) is 0 Å². The molecule has 0 aliphatic rings. The first-order valence-corrected chi connectivity index (χ1v) is 7.92. The van der Waals surface area contributed by atoms with Crippen LogP contribution in [-0.4, -0.2) is 30.9 Å². The van der Waals surface area contributed by atoms with Crippen molar-refractivity contribution in [2.45, 2.75) is 13.3 Å². The third-order valence-corrected chi connectivity index (χ3v) is 3.58. The Hall–Kier alpha value is -2.41. The van der Waals surface area contributed by atoms with Crippen molar-refractivity contribution < 1.29 is 0 Å². The number of hydrogen-bond acceptors (Lipinski definition) is 4. The maximum absolute atomic E-state index is 5.64. The fourth-order valence-electron chi connectivity index (χ4n) is 1.70. The molecule has 0 aliphatic heterocycles. The van der Waals surface area contributed by atoms with Crippen molar-refractivity contribution in [3.63, 3.8) is 0 Å². The van der Waals surface area contributed by atoms with E-state index in [0.717, 1.165) is 35.0 Å². The van der Waals surface area contributed by atoms with Gasteiger partial charge in [0.05, 0.1) is 17.7 Å². The van der Waals surface area contributed by atoms with E-state index < -0.39 is 0 Å². The molecule has 0 fully saturated rings. The molecular formula is C15H20N6S. The number of nitrogens with one attached hydrogen (secondary N) is 2. The molecular weight excluding hydrogens is 296 g/mol. The Kier molecular flexibility index (Phi) is 5.91. The number of nitrogens with zero attached hydrogens (tertiary/aromatic N) is 3. The van der Waals surface area contributed by atoms with Crippen molar-refractivity contribution in [1.29, 1.82) is 0 Å². The van der Waals surface area contributed by atoms with E-state index in [-0.39, 0.29) is 0 Å². The first-order valence-electron chi connectivity index (χ1n) is 7.04. The molecule has 0 unspecified atom stereocenters. The van der Waals surface area contributed by atoms with E-state index in [2.05, 4.69) is 32.5 Å². The average molecular weight is 316 g/mol. The van der Waals surface area contributed by atoms with Crippen LogP contribution >= 0.6 is 11.3 Å². The van der Waals surface area contributed by atoms with Crippen LogP contribution < -0.4 is 16.4 Å². The van der Waals surface area contributed by atoms with Crippen molar-refractivity contribution in [2.24, 2.45) is 15.7 Å². The van der Waals surface area contributed by atoms with E-state index in [1.807, 2.05) is 29.6 Å². The van der Waals surface area contributed by atoms with Crippen LogP contribution in [0.4, 0.5) is 10.8 Å². The molecule has 116 valence electrons. The largest absolute Gasteiger partial charge is 0.376 e. The lowest BCUT2D eigenvalue weighted by Crippen LogP contribution is -2.21. The maximum atomic E-state index is 5.64. The second-order valence-electron chi connectivity index (χ2n) is 4.53. The molecule has 0 saturated heterocycles. The predicted molar refractivity (Wildman–Crippen MR) is 95.2 cm³/mol. The minimum atomic E-state index is 0.348. The molecule has 4 N–H and O–H groups in total. The summed E-state index contributed by atoms with van der Waals surface area (Å²) < 4.78 is 0. The van der Waals surface area contributed by atoms with Crippen molar-refractivity contribution in [3.05, 3.63) is 29.6 Å². The van der Waals surface area contributed by atoms with Gasteiger partial charge in [-0.1, -0.05) is 19.1 Å². The molecule has 6 nitrogen and oxygen atoms in total. The highest BCUT2D eigenvalue weighted by Crippen LogP contribution is 2.27. The quantitative estimate of drug-likeness (QED) is 0.434. The number of benzene rings is 1. The first kappa shape index (κ1) is 16.0. The Morgan fingerprint density at radius 3 is 3.09 bits per heavy atom. The van der Waals surface area contributed by atoms with Crippen molar-refractivity contribution >= 4 is 34.5 Å². The monoisotopic (exact) mass is 316 g/mol. The van der Waals surface area contributed by atoms with Gasteiger partial charge in [0.15, 0.2) is 11.1 Å². The van der Waals surface area contributed by atoms with Crippen LogP contribution in [0.5, 0.6) is 0 Å². The maximum Gasteiger partial charge on any atom is 0.194 e. The van der Waals surface area contributed by atoms with Gasteiger partial charge in [-0.15, -0.1) is 11.3 Å². The van der Waals surface area contributed by atoms with Gasteiger partial charge in [-0.05, 0) is 18.6 Å². The Labute approximate surface area is 134 Å². The van der Waals surface area contributed by atoms with Crippen LogP contribution in [-0.2, 0) is 0 Å². The lowest BCUT2D eigenvalue weighted by atomic mass is 10.1. The van der Waals surface area contributed by atoms with Crippen LogP contribution in [0.2, 0.25) is 0 Å². The molecule has 0 spiro atoms. The standard InChI is InChI=1S/C15H20N6S/c1-3-7-18-10-19-12-6-4-5-11(8-12)13-9-22-15(20-13)21-14(16)17-2/h4-6,8-10H,3,7H2,1-2H3,(H,18,19)(H3,16,17,20,21). The van der Waals surface area contributed by atoms with Gasteiger partial charge in [0.2, 0.25) is 0 Å². The van der Waals surface area contributed by atoms with Crippen LogP contribution in [0.1, 0.15) is 13.3 Å². The Bertz CT molecular complexity index is 662. The highest BCUT2D eigenvalue weighted by atomic mass is 32.1. The third-order valence-electron chi connectivity index (χ3n) is 2.82. The Morgan fingerprint density at radius 2 is 2.32 bits per heavy atom. The first-order chi connectivity index (χ1) is 10.7. The number of rotatable bonds is 6. The number of hydrogen-bond donors (Lipinski definition) is 3. The van der Waals surface area contributed by atoms with Gasteiger partial charge >= 0.3 is 0 Å². The number of aromatic nitrogens is 1. The molecule has 1 heterocycles. The summed E-state index contributed by atoms with van der Waals surface area (Å²) in [4.78, 5) is 12.7. The molecule has 1 aromatic carbocycles. The van der Waals surface area contributed by atoms with Gasteiger partial charge in [0, 0.05) is 24.5 Å². The molecule has 0 saturated carbocycles. The molecule has 0 atom stereocenters. The molecule has 0 aliphatic carbocycles. The average Bonchev–Trinajstić information content (AvgIpc) is 3.00. The molecule has 1 aromatic heterocycles. The summed E-state index contributed by atoms with van der Waals surface area (Å²) in [5, 5.41) is 8.77. The molecule has 22 heavy (non-hydrogen) atoms. The Balaban J connectivity index is 2.10.